The number of carboxylic acids is 1. The van der Waals surface area contributed by atoms with Crippen molar-refractivity contribution in [2.75, 3.05) is 159 Å². The van der Waals surface area contributed by atoms with Crippen molar-refractivity contribution in [1.82, 2.24) is 37.2 Å². The number of hydrogen-bond acceptors (Lipinski definition) is 23. The Morgan fingerprint density at radius 1 is 0.315 bits per heavy atom. The first-order valence-electron chi connectivity index (χ1n) is 38.2. The lowest BCUT2D eigenvalue weighted by Crippen LogP contribution is -2.60. The predicted octanol–water partition coefficient (Wildman–Crippen LogP) is 5.30. The van der Waals surface area contributed by atoms with E-state index in [9.17, 15) is 33.9 Å². The average Bonchev–Trinajstić information content (AvgIpc) is 0.841. The third-order valence-corrected chi connectivity index (χ3v) is 16.1. The van der Waals surface area contributed by atoms with E-state index in [1.807, 2.05) is 69.2 Å². The molecule has 2 aliphatic heterocycles. The summed E-state index contributed by atoms with van der Waals surface area (Å²) in [6.45, 7) is 30.6. The van der Waals surface area contributed by atoms with Crippen LogP contribution < -0.4 is 56.2 Å². The quantitative estimate of drug-likeness (QED) is 0.0536. The van der Waals surface area contributed by atoms with Crippen LogP contribution in [-0.2, 0) is 98.5 Å². The fourth-order valence-electron chi connectivity index (χ4n) is 11.1. The molecule has 0 bridgehead atoms. The van der Waals surface area contributed by atoms with Gasteiger partial charge in [0.2, 0.25) is 35.4 Å². The summed E-state index contributed by atoms with van der Waals surface area (Å²) in [5.41, 5.74) is 0.0827. The highest BCUT2D eigenvalue weighted by Gasteiger charge is 2.36. The van der Waals surface area contributed by atoms with Crippen LogP contribution in [0.3, 0.4) is 0 Å². The first-order chi connectivity index (χ1) is 51.6. The fraction of sp³-hybridized carbons (Fsp3) is 0.740. The van der Waals surface area contributed by atoms with Gasteiger partial charge in [-0.1, -0.05) is 81.4 Å². The van der Waals surface area contributed by atoms with Crippen LogP contribution in [-0.4, -0.2) is 259 Å². The Labute approximate surface area is 638 Å². The molecule has 2 aliphatic rings. The number of alkyl carbamates (subject to hydrolysis) is 1. The molecule has 0 radical (unpaired) electrons. The average molecular weight is 1530 g/mol. The smallest absolute Gasteiger partial charge is 0.408 e. The van der Waals surface area contributed by atoms with Crippen LogP contribution in [0.15, 0.2) is 36.4 Å². The van der Waals surface area contributed by atoms with E-state index >= 15 is 9.59 Å². The number of amides is 7. The van der Waals surface area contributed by atoms with Crippen molar-refractivity contribution in [2.45, 2.75) is 183 Å². The molecule has 614 valence electrons. The molecule has 31 nitrogen and oxygen atoms in total. The Morgan fingerprint density at radius 2 is 0.528 bits per heavy atom. The molecule has 0 saturated heterocycles. The highest BCUT2D eigenvalue weighted by atomic mass is 16.6. The van der Waals surface area contributed by atoms with E-state index in [1.54, 1.807) is 57.2 Å². The second-order valence-corrected chi connectivity index (χ2v) is 29.5. The maximum atomic E-state index is 15.2. The highest BCUT2D eigenvalue weighted by molar-refractivity contribution is 5.97. The Kier molecular flexibility index (Phi) is 45.6. The molecule has 2 aromatic carbocycles. The Balaban J connectivity index is 1.69. The molecule has 0 aromatic heterocycles. The zero-order valence-corrected chi connectivity index (χ0v) is 66.1. The summed E-state index contributed by atoms with van der Waals surface area (Å²) in [6.07, 6.45) is -0.776. The summed E-state index contributed by atoms with van der Waals surface area (Å²) in [5, 5.41) is 30.0. The molecule has 0 fully saturated rings. The summed E-state index contributed by atoms with van der Waals surface area (Å²) < 4.78 is 86.7. The van der Waals surface area contributed by atoms with Gasteiger partial charge in [0.15, 0.2) is 23.0 Å². The molecule has 2 heterocycles. The van der Waals surface area contributed by atoms with Crippen LogP contribution in [0.4, 0.5) is 4.79 Å². The van der Waals surface area contributed by atoms with E-state index in [2.05, 4.69) is 37.2 Å². The fourth-order valence-corrected chi connectivity index (χ4v) is 11.1. The second-order valence-electron chi connectivity index (χ2n) is 29.5. The third kappa shape index (κ3) is 41.0. The van der Waals surface area contributed by atoms with Gasteiger partial charge in [-0.2, -0.15) is 0 Å². The summed E-state index contributed by atoms with van der Waals surface area (Å²) >= 11 is 0. The predicted molar refractivity (Wildman–Crippen MR) is 400 cm³/mol. The number of carboxylic acid groups (broad SMARTS) is 1. The molecular weight excluding hydrogens is 1410 g/mol. The molecule has 108 heavy (non-hydrogen) atoms. The lowest BCUT2D eigenvalue weighted by Gasteiger charge is -2.29. The summed E-state index contributed by atoms with van der Waals surface area (Å²) in [7, 11) is 0. The molecule has 0 unspecified atom stereocenters. The van der Waals surface area contributed by atoms with Crippen molar-refractivity contribution in [3.63, 3.8) is 0 Å². The first-order valence-corrected chi connectivity index (χ1v) is 38.2. The van der Waals surface area contributed by atoms with Crippen molar-refractivity contribution in [3.8, 4) is 23.0 Å². The summed E-state index contributed by atoms with van der Waals surface area (Å²) in [6, 6.07) is 0.830. The number of rotatable bonds is 28. The van der Waals surface area contributed by atoms with Gasteiger partial charge in [-0.15, -0.1) is 0 Å². The van der Waals surface area contributed by atoms with Gasteiger partial charge in [0.05, 0.1) is 132 Å². The van der Waals surface area contributed by atoms with E-state index in [0.717, 1.165) is 0 Å². The molecule has 7 atom stereocenters. The minimum atomic E-state index is -1.42. The van der Waals surface area contributed by atoms with E-state index in [0.29, 0.717) is 140 Å². The zero-order chi connectivity index (χ0) is 79.2. The minimum absolute atomic E-state index is 0.0583. The molecular formula is C77H127N7O24. The third-order valence-electron chi connectivity index (χ3n) is 16.1. The van der Waals surface area contributed by atoms with Crippen LogP contribution in [0.25, 0.3) is 0 Å². The standard InChI is InChI=1S/C77H127N7O24/c1-51(2)42-58(69(85)79-60(44-53(5)6)71(87)81-63(74(90)83-64(75(91)92)46-55(9)10)48-57-15-17-66-68(50-57)107-41-37-103-33-29-99-25-21-95-19-23-97-27-31-101-35-39-105-66)78-70(86)59(43-52(3)4)80-73(89)62(82-72(88)61(45-54(7)8)84-76(93)108-77(11,12)13)47-56-14-16-65-67(49-56)106-40-36-102-32-28-98-24-20-94-18-22-96-26-30-100-34-38-104-65/h14-17,49-55,58-64H,18-48H2,1-13H3,(H,78,86)(H,79,85)(H,80,89)(H,81,87)(H,82,88)(H,83,90)(H,84,93)(H,91,92)/t58-,59-,60-,61-,62-,63-,64-/m0/s1. The van der Waals surface area contributed by atoms with Crippen molar-refractivity contribution in [3.05, 3.63) is 47.5 Å². The van der Waals surface area contributed by atoms with Gasteiger partial charge in [-0.25, -0.2) is 9.59 Å². The topological polar surface area (TPSA) is 379 Å². The van der Waals surface area contributed by atoms with Crippen LogP contribution in [0.1, 0.15) is 133 Å². The minimum Gasteiger partial charge on any atom is -0.487 e. The van der Waals surface area contributed by atoms with E-state index < -0.39 is 95.4 Å². The normalized spacial score (nSPS) is 18.0. The molecule has 4 rings (SSSR count). The Morgan fingerprint density at radius 3 is 0.778 bits per heavy atom. The van der Waals surface area contributed by atoms with E-state index in [1.165, 1.54) is 0 Å². The van der Waals surface area contributed by atoms with Crippen molar-refractivity contribution < 1.29 is 115 Å². The number of hydrogen-bond donors (Lipinski definition) is 8. The van der Waals surface area contributed by atoms with Gasteiger partial charge in [0.25, 0.3) is 0 Å². The van der Waals surface area contributed by atoms with Gasteiger partial charge in [0.1, 0.15) is 74.3 Å². The molecule has 2 aromatic rings. The highest BCUT2D eigenvalue weighted by Crippen LogP contribution is 2.31. The number of aliphatic carboxylic acids is 1. The molecule has 8 N–H and O–H groups in total. The van der Waals surface area contributed by atoms with Crippen molar-refractivity contribution >= 4 is 47.5 Å². The number of benzene rings is 2. The molecule has 0 spiro atoms. The SMILES string of the molecule is CC(C)C[C@H](NC(=O)[C@H](Cc1ccc2c(c1)OCCOCCOCCOCCOCCOCCO2)NC(=O)[C@H](CC(C)C)NC(=O)[C@H](CC(C)C)NC(=O)[C@H](CC(C)C)NC(=O)[C@H](Cc1ccc2c(c1)OCCOCCOCCOCCOCCOCCO2)NC(=O)[C@H](CC(C)C)NC(=O)OC(C)(C)C)C(=O)O. The van der Waals surface area contributed by atoms with Crippen molar-refractivity contribution in [1.29, 1.82) is 0 Å². The molecule has 0 aliphatic carbocycles. The Hall–Kier alpha value is -7.20. The number of fused-ring (bicyclic) bond motifs is 2. The lowest BCUT2D eigenvalue weighted by atomic mass is 9.97. The number of carbonyl (C=O) groups excluding carboxylic acids is 7. The van der Waals surface area contributed by atoms with Gasteiger partial charge in [-0.05, 0) is 118 Å². The van der Waals surface area contributed by atoms with Crippen LogP contribution in [0.2, 0.25) is 0 Å². The van der Waals surface area contributed by atoms with Crippen molar-refractivity contribution in [2.24, 2.45) is 29.6 Å². The Bertz CT molecular complexity index is 2950. The van der Waals surface area contributed by atoms with Crippen LogP contribution >= 0.6 is 0 Å². The number of carbonyl (C=O) groups is 8. The largest absolute Gasteiger partial charge is 0.487 e. The number of ether oxygens (including phenoxy) is 15. The monoisotopic (exact) mass is 1530 g/mol. The molecule has 7 amide bonds. The van der Waals surface area contributed by atoms with Gasteiger partial charge in [-0.3, -0.25) is 28.8 Å². The maximum Gasteiger partial charge on any atom is 0.408 e. The van der Waals surface area contributed by atoms with Crippen LogP contribution in [0.5, 0.6) is 23.0 Å². The maximum absolute atomic E-state index is 15.2. The summed E-state index contributed by atoms with van der Waals surface area (Å²) in [5.74, 6) is -5.46. The van der Waals surface area contributed by atoms with Gasteiger partial charge in [0, 0.05) is 12.8 Å². The molecule has 31 heteroatoms. The summed E-state index contributed by atoms with van der Waals surface area (Å²) in [4.78, 5) is 115. The molecule has 0 saturated carbocycles. The van der Waals surface area contributed by atoms with Crippen LogP contribution in [0, 0.1) is 29.6 Å². The number of nitrogens with one attached hydrogen (secondary N) is 7. The lowest BCUT2D eigenvalue weighted by molar-refractivity contribution is -0.142. The first kappa shape index (κ1) is 93.2. The van der Waals surface area contributed by atoms with E-state index in [4.69, 9.17) is 71.1 Å². The second kappa shape index (κ2) is 52.8. The van der Waals surface area contributed by atoms with Gasteiger partial charge < -0.3 is 113 Å². The zero-order valence-electron chi connectivity index (χ0n) is 66.1. The van der Waals surface area contributed by atoms with Gasteiger partial charge >= 0.3 is 12.1 Å². The van der Waals surface area contributed by atoms with E-state index in [-0.39, 0.29) is 127 Å².